The predicted molar refractivity (Wildman–Crippen MR) is 82.9 cm³/mol. The largest absolute Gasteiger partial charge is 0.310 e. The van der Waals surface area contributed by atoms with E-state index in [-0.39, 0.29) is 11.1 Å². The summed E-state index contributed by atoms with van der Waals surface area (Å²) in [5.74, 6) is 2.80. The molecule has 1 aromatic carbocycles. The van der Waals surface area contributed by atoms with E-state index in [1.807, 2.05) is 18.7 Å². The van der Waals surface area contributed by atoms with Crippen molar-refractivity contribution in [3.8, 4) is 0 Å². The Kier molecular flexibility index (Phi) is 5.82. The number of halogens is 3. The molecular formula is C14H18Cl2FNS. The Bertz CT molecular complexity index is 436. The van der Waals surface area contributed by atoms with E-state index < -0.39 is 5.82 Å². The number of thioether (sulfide) groups is 1. The van der Waals surface area contributed by atoms with Crippen LogP contribution in [0.5, 0.6) is 0 Å². The Morgan fingerprint density at radius 1 is 1.32 bits per heavy atom. The third-order valence-electron chi connectivity index (χ3n) is 3.56. The summed E-state index contributed by atoms with van der Waals surface area (Å²) in [6, 6.07) is 2.94. The first-order valence-electron chi connectivity index (χ1n) is 6.53. The van der Waals surface area contributed by atoms with Crippen LogP contribution in [-0.4, -0.2) is 18.1 Å². The highest BCUT2D eigenvalue weighted by Gasteiger charge is 2.17. The zero-order chi connectivity index (χ0) is 13.8. The van der Waals surface area contributed by atoms with E-state index in [1.165, 1.54) is 36.5 Å². The molecule has 19 heavy (non-hydrogen) atoms. The van der Waals surface area contributed by atoms with Crippen LogP contribution in [0.15, 0.2) is 12.1 Å². The van der Waals surface area contributed by atoms with Crippen molar-refractivity contribution in [3.63, 3.8) is 0 Å². The van der Waals surface area contributed by atoms with Gasteiger partial charge in [-0.05, 0) is 61.4 Å². The normalized spacial score (nSPS) is 18.5. The average molecular weight is 322 g/mol. The lowest BCUT2D eigenvalue weighted by Crippen LogP contribution is -2.28. The van der Waals surface area contributed by atoms with Gasteiger partial charge in [0.1, 0.15) is 5.82 Å². The topological polar surface area (TPSA) is 12.0 Å². The minimum Gasteiger partial charge on any atom is -0.310 e. The predicted octanol–water partition coefficient (Wildman–Crippen LogP) is 4.93. The summed E-state index contributed by atoms with van der Waals surface area (Å²) in [7, 11) is 0. The van der Waals surface area contributed by atoms with Gasteiger partial charge in [-0.15, -0.1) is 0 Å². The first kappa shape index (κ1) is 15.4. The minimum absolute atomic E-state index is 0.0360. The Morgan fingerprint density at radius 2 is 2.00 bits per heavy atom. The molecule has 1 aromatic rings. The summed E-state index contributed by atoms with van der Waals surface area (Å²) in [5, 5.41) is 4.05. The summed E-state index contributed by atoms with van der Waals surface area (Å²) in [5.41, 5.74) is 0.772. The van der Waals surface area contributed by atoms with E-state index in [0.717, 1.165) is 18.0 Å². The molecule has 0 amide bonds. The molecule has 0 saturated carbocycles. The van der Waals surface area contributed by atoms with E-state index in [4.69, 9.17) is 23.2 Å². The van der Waals surface area contributed by atoms with Gasteiger partial charge < -0.3 is 5.32 Å². The maximum atomic E-state index is 13.5. The third kappa shape index (κ3) is 4.25. The molecule has 1 atom stereocenters. The van der Waals surface area contributed by atoms with Crippen molar-refractivity contribution in [2.75, 3.05) is 18.1 Å². The maximum absolute atomic E-state index is 13.5. The highest BCUT2D eigenvalue weighted by molar-refractivity contribution is 7.99. The zero-order valence-electron chi connectivity index (χ0n) is 10.9. The Morgan fingerprint density at radius 3 is 2.68 bits per heavy atom. The summed E-state index contributed by atoms with van der Waals surface area (Å²) in [6.45, 7) is 2.97. The van der Waals surface area contributed by atoms with Crippen LogP contribution in [0.25, 0.3) is 0 Å². The monoisotopic (exact) mass is 321 g/mol. The Hall–Kier alpha value is 0.0400. The smallest absolute Gasteiger partial charge is 0.142 e. The summed E-state index contributed by atoms with van der Waals surface area (Å²) >= 11 is 13.9. The van der Waals surface area contributed by atoms with Crippen LogP contribution in [0.1, 0.15) is 31.4 Å². The Balaban J connectivity index is 1.95. The van der Waals surface area contributed by atoms with Gasteiger partial charge in [0.15, 0.2) is 0 Å². The molecule has 0 aliphatic carbocycles. The van der Waals surface area contributed by atoms with E-state index >= 15 is 0 Å². The van der Waals surface area contributed by atoms with Gasteiger partial charge in [-0.3, -0.25) is 0 Å². The average Bonchev–Trinajstić information content (AvgIpc) is 2.41. The van der Waals surface area contributed by atoms with Gasteiger partial charge in [0.25, 0.3) is 0 Å². The molecule has 5 heteroatoms. The number of nitrogens with one attached hydrogen (secondary N) is 1. The lowest BCUT2D eigenvalue weighted by Gasteiger charge is -2.24. The van der Waals surface area contributed by atoms with Crippen LogP contribution in [-0.2, 0) is 0 Å². The second kappa shape index (κ2) is 7.16. The second-order valence-corrected chi connectivity index (χ2v) is 7.01. The molecule has 1 nitrogen and oxygen atoms in total. The molecule has 1 N–H and O–H groups in total. The molecule has 0 aromatic heterocycles. The van der Waals surface area contributed by atoms with E-state index in [1.54, 1.807) is 0 Å². The fourth-order valence-corrected chi connectivity index (χ4v) is 4.02. The van der Waals surface area contributed by atoms with Crippen molar-refractivity contribution in [2.24, 2.45) is 5.92 Å². The fourth-order valence-electron chi connectivity index (χ4n) is 2.27. The van der Waals surface area contributed by atoms with Crippen molar-refractivity contribution in [1.82, 2.24) is 5.32 Å². The third-order valence-corrected chi connectivity index (χ3v) is 5.23. The number of hydrogen-bond donors (Lipinski definition) is 1. The van der Waals surface area contributed by atoms with E-state index in [9.17, 15) is 4.39 Å². The maximum Gasteiger partial charge on any atom is 0.142 e. The van der Waals surface area contributed by atoms with E-state index in [0.29, 0.717) is 5.02 Å². The molecule has 1 fully saturated rings. The Labute approximate surface area is 128 Å². The summed E-state index contributed by atoms with van der Waals surface area (Å²) < 4.78 is 13.5. The van der Waals surface area contributed by atoms with Crippen LogP contribution in [0, 0.1) is 11.7 Å². The second-order valence-electron chi connectivity index (χ2n) is 4.97. The molecule has 0 spiro atoms. The molecule has 0 radical (unpaired) electrons. The number of rotatable bonds is 4. The number of benzene rings is 1. The quantitative estimate of drug-likeness (QED) is 0.789. The summed E-state index contributed by atoms with van der Waals surface area (Å²) in [4.78, 5) is 0. The molecular weight excluding hydrogens is 304 g/mol. The minimum atomic E-state index is -0.413. The van der Waals surface area contributed by atoms with Crippen molar-refractivity contribution in [2.45, 2.75) is 25.8 Å². The van der Waals surface area contributed by atoms with Gasteiger partial charge in [0, 0.05) is 11.1 Å². The highest BCUT2D eigenvalue weighted by Crippen LogP contribution is 2.29. The molecule has 106 valence electrons. The van der Waals surface area contributed by atoms with Crippen LogP contribution in [0.4, 0.5) is 4.39 Å². The molecule has 1 saturated heterocycles. The lowest BCUT2D eigenvalue weighted by molar-refractivity contribution is 0.420. The van der Waals surface area contributed by atoms with E-state index in [2.05, 4.69) is 5.32 Å². The fraction of sp³-hybridized carbons (Fsp3) is 0.571. The van der Waals surface area contributed by atoms with Crippen molar-refractivity contribution in [3.05, 3.63) is 33.6 Å². The van der Waals surface area contributed by atoms with Crippen molar-refractivity contribution < 1.29 is 4.39 Å². The summed E-state index contributed by atoms with van der Waals surface area (Å²) in [6.07, 6.45) is 2.51. The zero-order valence-corrected chi connectivity index (χ0v) is 13.2. The van der Waals surface area contributed by atoms with Crippen LogP contribution >= 0.6 is 35.0 Å². The first-order chi connectivity index (χ1) is 9.08. The molecule has 1 heterocycles. The van der Waals surface area contributed by atoms with Gasteiger partial charge >= 0.3 is 0 Å². The molecule has 2 rings (SSSR count). The lowest BCUT2D eigenvalue weighted by atomic mass is 10.0. The SMILES string of the molecule is CC(NCC1CCSCC1)c1cc(F)c(Cl)cc1Cl. The van der Waals surface area contributed by atoms with Crippen LogP contribution in [0.2, 0.25) is 10.0 Å². The standard InChI is InChI=1S/C14H18Cl2FNS/c1-9(18-8-10-2-4-19-5-3-10)11-6-14(17)13(16)7-12(11)15/h6-7,9-10,18H,2-5,8H2,1H3. The highest BCUT2D eigenvalue weighted by atomic mass is 35.5. The molecule has 1 aliphatic rings. The van der Waals surface area contributed by atoms with Gasteiger partial charge in [0.2, 0.25) is 0 Å². The molecule has 1 unspecified atom stereocenters. The first-order valence-corrected chi connectivity index (χ1v) is 8.44. The van der Waals surface area contributed by atoms with Gasteiger partial charge in [0.05, 0.1) is 5.02 Å². The van der Waals surface area contributed by atoms with Gasteiger partial charge in [-0.25, -0.2) is 4.39 Å². The number of hydrogen-bond acceptors (Lipinski definition) is 2. The van der Waals surface area contributed by atoms with Gasteiger partial charge in [-0.1, -0.05) is 23.2 Å². The van der Waals surface area contributed by atoms with Crippen molar-refractivity contribution in [1.29, 1.82) is 0 Å². The van der Waals surface area contributed by atoms with Crippen LogP contribution in [0.3, 0.4) is 0 Å². The van der Waals surface area contributed by atoms with Crippen LogP contribution < -0.4 is 5.32 Å². The molecule has 0 bridgehead atoms. The van der Waals surface area contributed by atoms with Crippen molar-refractivity contribution >= 4 is 35.0 Å². The van der Waals surface area contributed by atoms with Gasteiger partial charge in [-0.2, -0.15) is 11.8 Å². The molecule has 1 aliphatic heterocycles.